The van der Waals surface area contributed by atoms with Crippen LogP contribution in [0, 0.1) is 0 Å². The molecule has 1 saturated heterocycles. The van der Waals surface area contributed by atoms with Gasteiger partial charge in [-0.15, -0.1) is 0 Å². The number of hydrogen-bond donors (Lipinski definition) is 1. The van der Waals surface area contributed by atoms with E-state index < -0.39 is 23.4 Å². The zero-order valence-electron chi connectivity index (χ0n) is 21.2. The van der Waals surface area contributed by atoms with E-state index in [0.29, 0.717) is 58.7 Å². The summed E-state index contributed by atoms with van der Waals surface area (Å²) in [5, 5.41) is 0. The molecule has 1 aliphatic rings. The Hall–Kier alpha value is -4.08. The van der Waals surface area contributed by atoms with Gasteiger partial charge < -0.3 is 19.4 Å². The molecule has 0 radical (unpaired) electrons. The number of benzene rings is 1. The molecule has 0 unspecified atom stereocenters. The first-order valence-corrected chi connectivity index (χ1v) is 12.2. The van der Waals surface area contributed by atoms with Crippen LogP contribution in [0.15, 0.2) is 61.1 Å². The summed E-state index contributed by atoms with van der Waals surface area (Å²) in [5.41, 5.74) is 1.97. The Bertz CT molecular complexity index is 1480. The zero-order chi connectivity index (χ0) is 27.1. The number of nitrogens with zero attached hydrogens (tertiary/aromatic N) is 3. The molecule has 1 fully saturated rings. The number of halogens is 3. The largest absolute Gasteiger partial charge is 0.486 e. The third kappa shape index (κ3) is 5.29. The number of likely N-dealkylation sites (tertiary alicyclic amines) is 1. The van der Waals surface area contributed by atoms with Crippen molar-refractivity contribution >= 4 is 17.1 Å². The Morgan fingerprint density at radius 1 is 1.11 bits per heavy atom. The van der Waals surface area contributed by atoms with E-state index >= 15 is 0 Å². The molecule has 1 amide bonds. The van der Waals surface area contributed by atoms with Crippen molar-refractivity contribution in [2.45, 2.75) is 45.1 Å². The highest BCUT2D eigenvalue weighted by molar-refractivity contribution is 6.02. The predicted octanol–water partition coefficient (Wildman–Crippen LogP) is 6.70. The molecule has 1 atom stereocenters. The first-order valence-electron chi connectivity index (χ1n) is 12.2. The van der Waals surface area contributed by atoms with Crippen LogP contribution in [0.2, 0.25) is 0 Å². The van der Waals surface area contributed by atoms with Crippen molar-refractivity contribution in [1.82, 2.24) is 19.9 Å². The van der Waals surface area contributed by atoms with Gasteiger partial charge in [0.15, 0.2) is 0 Å². The van der Waals surface area contributed by atoms with Gasteiger partial charge in [0, 0.05) is 36.5 Å². The first kappa shape index (κ1) is 25.6. The lowest BCUT2D eigenvalue weighted by Gasteiger charge is -2.24. The molecule has 5 rings (SSSR count). The normalized spacial score (nSPS) is 16.2. The van der Waals surface area contributed by atoms with Crippen molar-refractivity contribution in [3.05, 3.63) is 66.6 Å². The SMILES string of the molecule is CC(C)(C)OC(=O)N1CC[C@@H](Oc2cnccc2-c2[nH]c3cccnc3c2-c2cccc(C(F)(F)F)c2)C1. The maximum Gasteiger partial charge on any atom is 0.416 e. The zero-order valence-corrected chi connectivity index (χ0v) is 21.2. The van der Waals surface area contributed by atoms with E-state index in [2.05, 4.69) is 15.0 Å². The topological polar surface area (TPSA) is 80.3 Å². The van der Waals surface area contributed by atoms with Gasteiger partial charge in [-0.2, -0.15) is 13.2 Å². The number of nitrogens with one attached hydrogen (secondary N) is 1. The average molecular weight is 525 g/mol. The molecule has 0 spiro atoms. The Kier molecular flexibility index (Phi) is 6.50. The molecule has 7 nitrogen and oxygen atoms in total. The summed E-state index contributed by atoms with van der Waals surface area (Å²) in [6.07, 6.45) is 0.184. The second-order valence-electron chi connectivity index (χ2n) is 10.2. The van der Waals surface area contributed by atoms with E-state index in [1.165, 1.54) is 6.07 Å². The Morgan fingerprint density at radius 3 is 2.68 bits per heavy atom. The highest BCUT2D eigenvalue weighted by atomic mass is 19.4. The van der Waals surface area contributed by atoms with Crippen molar-refractivity contribution < 1.29 is 27.4 Å². The summed E-state index contributed by atoms with van der Waals surface area (Å²) in [7, 11) is 0. The number of rotatable bonds is 4. The Balaban J connectivity index is 1.51. The van der Waals surface area contributed by atoms with Crippen LogP contribution in [0.3, 0.4) is 0 Å². The number of alkyl halides is 3. The molecule has 198 valence electrons. The van der Waals surface area contributed by atoms with Crippen molar-refractivity contribution in [3.8, 4) is 28.1 Å². The Labute approximate surface area is 217 Å². The van der Waals surface area contributed by atoms with Gasteiger partial charge in [0.2, 0.25) is 0 Å². The quantitative estimate of drug-likeness (QED) is 0.321. The molecule has 0 saturated carbocycles. The molecule has 0 aliphatic carbocycles. The number of carbonyl (C=O) groups is 1. The highest BCUT2D eigenvalue weighted by Crippen LogP contribution is 2.42. The van der Waals surface area contributed by atoms with Gasteiger partial charge in [-0.1, -0.05) is 12.1 Å². The van der Waals surface area contributed by atoms with Crippen molar-refractivity contribution in [3.63, 3.8) is 0 Å². The number of hydrogen-bond acceptors (Lipinski definition) is 5. The lowest BCUT2D eigenvalue weighted by Crippen LogP contribution is -2.36. The molecule has 38 heavy (non-hydrogen) atoms. The maximum atomic E-state index is 13.5. The smallest absolute Gasteiger partial charge is 0.416 e. The summed E-state index contributed by atoms with van der Waals surface area (Å²) in [6.45, 7) is 6.27. The minimum Gasteiger partial charge on any atom is -0.486 e. The van der Waals surface area contributed by atoms with E-state index in [-0.39, 0.29) is 6.10 Å². The van der Waals surface area contributed by atoms with Gasteiger partial charge >= 0.3 is 12.3 Å². The molecule has 1 N–H and O–H groups in total. The second-order valence-corrected chi connectivity index (χ2v) is 10.2. The van der Waals surface area contributed by atoms with E-state index in [1.54, 1.807) is 41.7 Å². The molecular formula is C28H27F3N4O3. The second kappa shape index (κ2) is 9.66. The van der Waals surface area contributed by atoms with Crippen molar-refractivity contribution in [1.29, 1.82) is 0 Å². The molecule has 3 aromatic heterocycles. The number of aromatic nitrogens is 3. The lowest BCUT2D eigenvalue weighted by molar-refractivity contribution is -0.137. The number of aromatic amines is 1. The van der Waals surface area contributed by atoms with Gasteiger partial charge in [0.25, 0.3) is 0 Å². The standard InChI is InChI=1S/C28H27F3N4O3/c1-27(2,3)38-26(36)35-13-10-19(16-35)37-22-15-32-12-9-20(22)24-23(25-21(34-24)8-5-11-33-25)17-6-4-7-18(14-17)28(29,30)31/h4-9,11-12,14-15,19,34H,10,13,16H2,1-3H3/t19-/m1/s1. The van der Waals surface area contributed by atoms with Crippen LogP contribution in [-0.4, -0.2) is 50.7 Å². The third-order valence-corrected chi connectivity index (χ3v) is 6.18. The minimum atomic E-state index is -4.48. The number of fused-ring (bicyclic) bond motifs is 1. The number of pyridine rings is 2. The molecule has 4 aromatic rings. The van der Waals surface area contributed by atoms with Gasteiger partial charge in [0.05, 0.1) is 35.0 Å². The average Bonchev–Trinajstić information content (AvgIpc) is 3.48. The Morgan fingerprint density at radius 2 is 1.92 bits per heavy atom. The summed E-state index contributed by atoms with van der Waals surface area (Å²) in [6, 6.07) is 10.5. The van der Waals surface area contributed by atoms with Crippen LogP contribution < -0.4 is 4.74 Å². The molecule has 0 bridgehead atoms. The fourth-order valence-corrected chi connectivity index (χ4v) is 4.53. The minimum absolute atomic E-state index is 0.301. The molecule has 10 heteroatoms. The summed E-state index contributed by atoms with van der Waals surface area (Å²) in [4.78, 5) is 26.1. The fraction of sp³-hybridized carbons (Fsp3) is 0.321. The number of carbonyl (C=O) groups excluding carboxylic acids is 1. The lowest BCUT2D eigenvalue weighted by atomic mass is 9.98. The van der Waals surface area contributed by atoms with Crippen LogP contribution in [0.5, 0.6) is 5.75 Å². The van der Waals surface area contributed by atoms with Gasteiger partial charge in [-0.25, -0.2) is 4.79 Å². The van der Waals surface area contributed by atoms with Crippen LogP contribution >= 0.6 is 0 Å². The van der Waals surface area contributed by atoms with E-state index in [4.69, 9.17) is 9.47 Å². The van der Waals surface area contributed by atoms with Gasteiger partial charge in [-0.05, 0) is 56.7 Å². The van der Waals surface area contributed by atoms with Crippen LogP contribution in [0.1, 0.15) is 32.8 Å². The molecule has 1 aliphatic heterocycles. The van der Waals surface area contributed by atoms with Crippen LogP contribution in [0.4, 0.5) is 18.0 Å². The van der Waals surface area contributed by atoms with Crippen molar-refractivity contribution in [2.75, 3.05) is 13.1 Å². The predicted molar refractivity (Wildman–Crippen MR) is 137 cm³/mol. The number of ether oxygens (including phenoxy) is 2. The summed E-state index contributed by atoms with van der Waals surface area (Å²) in [5.74, 6) is 0.448. The summed E-state index contributed by atoms with van der Waals surface area (Å²) < 4.78 is 52.4. The van der Waals surface area contributed by atoms with E-state index in [1.807, 2.05) is 26.8 Å². The highest BCUT2D eigenvalue weighted by Gasteiger charge is 2.33. The van der Waals surface area contributed by atoms with E-state index in [9.17, 15) is 18.0 Å². The van der Waals surface area contributed by atoms with E-state index in [0.717, 1.165) is 12.1 Å². The maximum absolute atomic E-state index is 13.5. The van der Waals surface area contributed by atoms with Crippen molar-refractivity contribution in [2.24, 2.45) is 0 Å². The number of amides is 1. The number of H-pyrrole nitrogens is 1. The third-order valence-electron chi connectivity index (χ3n) is 6.18. The van der Waals surface area contributed by atoms with Crippen LogP contribution in [0.25, 0.3) is 33.4 Å². The molecule has 4 heterocycles. The first-order chi connectivity index (χ1) is 18.0. The van der Waals surface area contributed by atoms with Crippen LogP contribution in [-0.2, 0) is 10.9 Å². The molecular weight excluding hydrogens is 497 g/mol. The fourth-order valence-electron chi connectivity index (χ4n) is 4.53. The monoisotopic (exact) mass is 524 g/mol. The molecule has 1 aromatic carbocycles. The van der Waals surface area contributed by atoms with Gasteiger partial charge in [-0.3, -0.25) is 9.97 Å². The summed E-state index contributed by atoms with van der Waals surface area (Å²) >= 11 is 0. The van der Waals surface area contributed by atoms with Gasteiger partial charge in [0.1, 0.15) is 17.5 Å².